The lowest BCUT2D eigenvalue weighted by atomic mass is 9.63. The Balaban J connectivity index is 1.42. The summed E-state index contributed by atoms with van der Waals surface area (Å²) in [6.07, 6.45) is 15.1. The molecule has 0 bridgehead atoms. The van der Waals surface area contributed by atoms with E-state index in [1.807, 2.05) is 0 Å². The van der Waals surface area contributed by atoms with Crippen LogP contribution in [0.4, 0.5) is 13.2 Å². The monoisotopic (exact) mass is 450 g/mol. The molecule has 31 heavy (non-hydrogen) atoms. The highest BCUT2D eigenvalue weighted by Crippen LogP contribution is 2.50. The molecule has 2 fully saturated rings. The van der Waals surface area contributed by atoms with E-state index in [1.165, 1.54) is 63.9 Å². The smallest absolute Gasteiger partial charge is 0.152 e. The Labute approximate surface area is 189 Å². The predicted octanol–water partition coefficient (Wildman–Crippen LogP) is 9.57. The molecule has 2 aromatic rings. The molecule has 0 spiro atoms. The molecule has 2 saturated carbocycles. The van der Waals surface area contributed by atoms with Gasteiger partial charge >= 0.3 is 0 Å². The Kier molecular flexibility index (Phi) is 7.52. The molecule has 2 aliphatic rings. The van der Waals surface area contributed by atoms with E-state index >= 15 is 0 Å². The molecule has 4 heteroatoms. The first-order valence-corrected chi connectivity index (χ1v) is 12.6. The number of hydrogen-bond donors (Lipinski definition) is 0. The topological polar surface area (TPSA) is 0 Å². The zero-order valence-corrected chi connectivity index (χ0v) is 19.3. The summed E-state index contributed by atoms with van der Waals surface area (Å²) in [5.74, 6) is 0.142. The largest absolute Gasteiger partial charge is 0.207 e. The van der Waals surface area contributed by atoms with Crippen molar-refractivity contribution in [2.75, 3.05) is 0 Å². The molecule has 0 nitrogen and oxygen atoms in total. The maximum atomic E-state index is 14.9. The standard InChI is InChI=1S/C27H34ClF3/c1-2-3-4-5-6-7-17-8-9-19-13-20(11-10-18(19)12-17)23-15-21-14-22(29)16-24(30)25(21)27(31)26(23)28/h14-20H,2-13H2,1H3/t17-,18?,19-,20?/m1/s1. The van der Waals surface area contributed by atoms with Gasteiger partial charge in [0, 0.05) is 6.07 Å². The highest BCUT2D eigenvalue weighted by atomic mass is 35.5. The van der Waals surface area contributed by atoms with Crippen molar-refractivity contribution in [1.29, 1.82) is 0 Å². The van der Waals surface area contributed by atoms with Crippen LogP contribution in [0, 0.1) is 35.2 Å². The molecule has 2 aromatic carbocycles. The van der Waals surface area contributed by atoms with E-state index in [4.69, 9.17) is 11.6 Å². The van der Waals surface area contributed by atoms with Crippen molar-refractivity contribution in [2.24, 2.45) is 17.8 Å². The molecular formula is C27H34ClF3. The first-order chi connectivity index (χ1) is 15.0. The lowest BCUT2D eigenvalue weighted by Gasteiger charge is -2.42. The highest BCUT2D eigenvalue weighted by molar-refractivity contribution is 6.32. The minimum atomic E-state index is -0.891. The van der Waals surface area contributed by atoms with Crippen molar-refractivity contribution in [2.45, 2.75) is 89.9 Å². The van der Waals surface area contributed by atoms with Gasteiger partial charge in [-0.15, -0.1) is 0 Å². The fourth-order valence-electron chi connectivity index (χ4n) is 6.27. The van der Waals surface area contributed by atoms with Gasteiger partial charge in [-0.2, -0.15) is 0 Å². The van der Waals surface area contributed by atoms with Gasteiger partial charge in [-0.05, 0) is 78.9 Å². The van der Waals surface area contributed by atoms with E-state index < -0.39 is 17.5 Å². The van der Waals surface area contributed by atoms with Crippen molar-refractivity contribution in [3.63, 3.8) is 0 Å². The van der Waals surface area contributed by atoms with Gasteiger partial charge in [0.2, 0.25) is 0 Å². The van der Waals surface area contributed by atoms with Crippen molar-refractivity contribution >= 4 is 22.4 Å². The van der Waals surface area contributed by atoms with Crippen molar-refractivity contribution in [1.82, 2.24) is 0 Å². The summed E-state index contributed by atoms with van der Waals surface area (Å²) < 4.78 is 42.7. The van der Waals surface area contributed by atoms with Crippen molar-refractivity contribution < 1.29 is 13.2 Å². The van der Waals surface area contributed by atoms with Crippen LogP contribution in [0.1, 0.15) is 95.5 Å². The summed E-state index contributed by atoms with van der Waals surface area (Å²) in [4.78, 5) is 0. The van der Waals surface area contributed by atoms with Crippen LogP contribution in [0.3, 0.4) is 0 Å². The van der Waals surface area contributed by atoms with Gasteiger partial charge in [0.15, 0.2) is 5.82 Å². The fraction of sp³-hybridized carbons (Fsp3) is 0.630. The summed E-state index contributed by atoms with van der Waals surface area (Å²) in [5, 5.41) is 0.0776. The molecule has 0 radical (unpaired) electrons. The third kappa shape index (κ3) is 5.07. The zero-order valence-electron chi connectivity index (χ0n) is 18.5. The molecule has 0 amide bonds. The van der Waals surface area contributed by atoms with E-state index in [1.54, 1.807) is 6.07 Å². The van der Waals surface area contributed by atoms with Gasteiger partial charge in [0.25, 0.3) is 0 Å². The molecule has 170 valence electrons. The molecule has 2 aliphatic carbocycles. The number of halogens is 4. The maximum Gasteiger partial charge on any atom is 0.152 e. The fourth-order valence-corrected chi connectivity index (χ4v) is 6.57. The van der Waals surface area contributed by atoms with E-state index in [2.05, 4.69) is 6.92 Å². The Morgan fingerprint density at radius 2 is 1.61 bits per heavy atom. The average Bonchev–Trinajstić information content (AvgIpc) is 2.75. The third-order valence-corrected chi connectivity index (χ3v) is 8.32. The van der Waals surface area contributed by atoms with Crippen LogP contribution in [-0.4, -0.2) is 0 Å². The normalized spacial score (nSPS) is 26.2. The quantitative estimate of drug-likeness (QED) is 0.368. The summed E-state index contributed by atoms with van der Waals surface area (Å²) >= 11 is 6.37. The first kappa shape index (κ1) is 23.0. The van der Waals surface area contributed by atoms with E-state index in [0.717, 1.165) is 42.7 Å². The molecule has 2 unspecified atom stereocenters. The minimum absolute atomic E-state index is 0.0159. The SMILES string of the molecule is CCCCCCC[C@@H]1CC[C@@H]2CC(c3cc4cc(F)cc(F)c4c(F)c3Cl)CCC2C1. The van der Waals surface area contributed by atoms with E-state index in [0.29, 0.717) is 5.92 Å². The van der Waals surface area contributed by atoms with Crippen molar-refractivity contribution in [3.8, 4) is 0 Å². The molecule has 4 atom stereocenters. The second-order valence-electron chi connectivity index (χ2n) is 9.99. The molecule has 0 aliphatic heterocycles. The van der Waals surface area contributed by atoms with Crippen LogP contribution in [0.15, 0.2) is 18.2 Å². The van der Waals surface area contributed by atoms with Gasteiger partial charge in [0.05, 0.1) is 10.4 Å². The highest BCUT2D eigenvalue weighted by Gasteiger charge is 2.36. The second kappa shape index (κ2) is 10.1. The van der Waals surface area contributed by atoms with Gasteiger partial charge in [-0.25, -0.2) is 13.2 Å². The van der Waals surface area contributed by atoms with Crippen LogP contribution in [0.25, 0.3) is 10.8 Å². The Morgan fingerprint density at radius 3 is 2.42 bits per heavy atom. The summed E-state index contributed by atoms with van der Waals surface area (Å²) in [6.45, 7) is 2.26. The van der Waals surface area contributed by atoms with E-state index in [-0.39, 0.29) is 21.7 Å². The van der Waals surface area contributed by atoms with Crippen LogP contribution in [-0.2, 0) is 0 Å². The van der Waals surface area contributed by atoms with Gasteiger partial charge in [-0.1, -0.05) is 63.5 Å². The Hall–Kier alpha value is -1.22. The average molecular weight is 451 g/mol. The molecule has 4 rings (SSSR count). The maximum absolute atomic E-state index is 14.9. The summed E-state index contributed by atoms with van der Waals surface area (Å²) in [5.41, 5.74) is 0.730. The van der Waals surface area contributed by atoms with Crippen LogP contribution >= 0.6 is 11.6 Å². The van der Waals surface area contributed by atoms with Gasteiger partial charge < -0.3 is 0 Å². The molecule has 0 aromatic heterocycles. The molecule has 0 heterocycles. The predicted molar refractivity (Wildman–Crippen MR) is 123 cm³/mol. The third-order valence-electron chi connectivity index (χ3n) is 7.94. The summed E-state index contributed by atoms with van der Waals surface area (Å²) in [6, 6.07) is 3.65. The van der Waals surface area contributed by atoms with Gasteiger partial charge in [0.1, 0.15) is 11.6 Å². The zero-order chi connectivity index (χ0) is 22.0. The minimum Gasteiger partial charge on any atom is -0.207 e. The first-order valence-electron chi connectivity index (χ1n) is 12.2. The number of fused-ring (bicyclic) bond motifs is 2. The van der Waals surface area contributed by atoms with Gasteiger partial charge in [-0.3, -0.25) is 0 Å². The summed E-state index contributed by atoms with van der Waals surface area (Å²) in [7, 11) is 0. The second-order valence-corrected chi connectivity index (χ2v) is 10.4. The van der Waals surface area contributed by atoms with Crippen LogP contribution in [0.5, 0.6) is 0 Å². The number of unbranched alkanes of at least 4 members (excludes halogenated alkanes) is 4. The number of benzene rings is 2. The lowest BCUT2D eigenvalue weighted by molar-refractivity contribution is 0.113. The molecule has 0 N–H and O–H groups in total. The van der Waals surface area contributed by atoms with Crippen molar-refractivity contribution in [3.05, 3.63) is 46.2 Å². The Morgan fingerprint density at radius 1 is 0.871 bits per heavy atom. The molecular weight excluding hydrogens is 417 g/mol. The molecule has 0 saturated heterocycles. The lowest BCUT2D eigenvalue weighted by Crippen LogP contribution is -2.30. The Bertz CT molecular complexity index is 909. The van der Waals surface area contributed by atoms with E-state index in [9.17, 15) is 13.2 Å². The number of rotatable bonds is 7. The number of hydrogen-bond acceptors (Lipinski definition) is 0. The van der Waals surface area contributed by atoms with Crippen LogP contribution in [0.2, 0.25) is 5.02 Å². The van der Waals surface area contributed by atoms with Crippen LogP contribution < -0.4 is 0 Å².